The Kier molecular flexibility index (Phi) is 6.02. The predicted molar refractivity (Wildman–Crippen MR) is 105 cm³/mol. The van der Waals surface area contributed by atoms with Crippen molar-refractivity contribution in [1.29, 1.82) is 0 Å². The Hall–Kier alpha value is -3.14. The number of hydrogen-bond donors (Lipinski definition) is 1. The number of rotatable bonds is 7. The average molecular weight is 420 g/mol. The number of nitrogens with zero attached hydrogens (tertiary/aromatic N) is 1. The monoisotopic (exact) mass is 420 g/mol. The van der Waals surface area contributed by atoms with Crippen LogP contribution in [0.5, 0.6) is 5.75 Å². The van der Waals surface area contributed by atoms with Crippen molar-refractivity contribution < 1.29 is 27.6 Å². The predicted octanol–water partition coefficient (Wildman–Crippen LogP) is 3.50. The number of nitrogens with one attached hydrogen (secondary N) is 1. The van der Waals surface area contributed by atoms with E-state index in [4.69, 9.17) is 4.74 Å². The number of ether oxygens (including phenoxy) is 2. The van der Waals surface area contributed by atoms with Crippen molar-refractivity contribution in [2.75, 3.05) is 11.8 Å². The van der Waals surface area contributed by atoms with E-state index in [-0.39, 0.29) is 17.4 Å². The van der Waals surface area contributed by atoms with Crippen molar-refractivity contribution in [2.45, 2.75) is 36.7 Å². The summed E-state index contributed by atoms with van der Waals surface area (Å²) in [6, 6.07) is 9.46. The van der Waals surface area contributed by atoms with E-state index < -0.39 is 31.5 Å². The third-order valence-electron chi connectivity index (χ3n) is 4.56. The molecule has 3 rings (SSSR count). The van der Waals surface area contributed by atoms with E-state index in [2.05, 4.69) is 9.46 Å². The SMILES string of the molecule is COC(=O)c1ccc(S(=O)(=O)Nc2cccc(OC3CCCC3)c2)c([N+](=O)[O-])c1. The summed E-state index contributed by atoms with van der Waals surface area (Å²) in [5, 5.41) is 11.4. The second-order valence-electron chi connectivity index (χ2n) is 6.59. The molecule has 1 N–H and O–H groups in total. The number of sulfonamides is 1. The molecular weight excluding hydrogens is 400 g/mol. The van der Waals surface area contributed by atoms with E-state index in [0.717, 1.165) is 51.0 Å². The summed E-state index contributed by atoms with van der Waals surface area (Å²) in [5.74, 6) is -0.283. The molecule has 0 amide bonds. The molecule has 1 aliphatic carbocycles. The fourth-order valence-corrected chi connectivity index (χ4v) is 4.38. The van der Waals surface area contributed by atoms with Gasteiger partial charge in [-0.2, -0.15) is 0 Å². The minimum absolute atomic E-state index is 0.105. The first-order valence-corrected chi connectivity index (χ1v) is 10.4. The van der Waals surface area contributed by atoms with Crippen LogP contribution in [0.1, 0.15) is 36.0 Å². The summed E-state index contributed by atoms with van der Waals surface area (Å²) in [7, 11) is -3.16. The summed E-state index contributed by atoms with van der Waals surface area (Å²) in [4.78, 5) is 21.6. The van der Waals surface area contributed by atoms with E-state index >= 15 is 0 Å². The number of esters is 1. The molecular formula is C19H20N2O7S. The second-order valence-corrected chi connectivity index (χ2v) is 8.24. The summed E-state index contributed by atoms with van der Waals surface area (Å²) in [5.41, 5.74) is -0.629. The molecule has 2 aromatic rings. The first-order chi connectivity index (χ1) is 13.8. The highest BCUT2D eigenvalue weighted by Gasteiger charge is 2.28. The molecule has 0 aliphatic heterocycles. The number of hydrogen-bond acceptors (Lipinski definition) is 7. The zero-order valence-corrected chi connectivity index (χ0v) is 16.5. The van der Waals surface area contributed by atoms with Gasteiger partial charge in [-0.15, -0.1) is 0 Å². The van der Waals surface area contributed by atoms with Crippen LogP contribution in [0.2, 0.25) is 0 Å². The van der Waals surface area contributed by atoms with E-state index in [1.807, 2.05) is 0 Å². The molecule has 2 aromatic carbocycles. The second kappa shape index (κ2) is 8.48. The van der Waals surface area contributed by atoms with Crippen molar-refractivity contribution in [1.82, 2.24) is 0 Å². The van der Waals surface area contributed by atoms with Crippen molar-refractivity contribution in [3.63, 3.8) is 0 Å². The van der Waals surface area contributed by atoms with Gasteiger partial charge in [0.2, 0.25) is 0 Å². The van der Waals surface area contributed by atoms with Gasteiger partial charge in [0.25, 0.3) is 15.7 Å². The molecule has 0 radical (unpaired) electrons. The molecule has 1 fully saturated rings. The van der Waals surface area contributed by atoms with Crippen LogP contribution in [0.15, 0.2) is 47.4 Å². The lowest BCUT2D eigenvalue weighted by Crippen LogP contribution is -2.16. The maximum Gasteiger partial charge on any atom is 0.338 e. The number of anilines is 1. The molecule has 10 heteroatoms. The number of nitro benzene ring substituents is 1. The summed E-state index contributed by atoms with van der Waals surface area (Å²) in [6.45, 7) is 0. The van der Waals surface area contributed by atoms with Crippen LogP contribution in [-0.2, 0) is 14.8 Å². The number of nitro groups is 1. The highest BCUT2D eigenvalue weighted by Crippen LogP contribution is 2.29. The van der Waals surface area contributed by atoms with Gasteiger partial charge < -0.3 is 9.47 Å². The van der Waals surface area contributed by atoms with E-state index in [1.54, 1.807) is 12.1 Å². The fourth-order valence-electron chi connectivity index (χ4n) is 3.17. The van der Waals surface area contributed by atoms with Crippen LogP contribution in [0.3, 0.4) is 0 Å². The maximum absolute atomic E-state index is 12.8. The maximum atomic E-state index is 12.8. The fraction of sp³-hybridized carbons (Fsp3) is 0.316. The highest BCUT2D eigenvalue weighted by molar-refractivity contribution is 7.92. The Balaban J connectivity index is 1.87. The molecule has 0 atom stereocenters. The lowest BCUT2D eigenvalue weighted by Gasteiger charge is -2.14. The molecule has 0 unspecified atom stereocenters. The highest BCUT2D eigenvalue weighted by atomic mass is 32.2. The molecule has 29 heavy (non-hydrogen) atoms. The van der Waals surface area contributed by atoms with Gasteiger partial charge >= 0.3 is 5.97 Å². The Morgan fingerprint density at radius 2 is 1.90 bits per heavy atom. The number of methoxy groups -OCH3 is 1. The molecule has 0 bridgehead atoms. The van der Waals surface area contributed by atoms with Crippen LogP contribution in [0.25, 0.3) is 0 Å². The van der Waals surface area contributed by atoms with Gasteiger partial charge in [-0.3, -0.25) is 14.8 Å². The zero-order valence-electron chi connectivity index (χ0n) is 15.7. The van der Waals surface area contributed by atoms with Gasteiger partial charge in [0, 0.05) is 12.1 Å². The van der Waals surface area contributed by atoms with Gasteiger partial charge in [-0.1, -0.05) is 6.07 Å². The molecule has 1 saturated carbocycles. The first kappa shape index (κ1) is 20.6. The van der Waals surface area contributed by atoms with Crippen molar-refractivity contribution in [3.8, 4) is 5.75 Å². The summed E-state index contributed by atoms with van der Waals surface area (Å²) < 4.78 is 38.2. The molecule has 154 valence electrons. The number of carbonyl (C=O) groups is 1. The van der Waals surface area contributed by atoms with Gasteiger partial charge in [-0.25, -0.2) is 13.2 Å². The standard InChI is InChI=1S/C19H20N2O7S/c1-27-19(22)13-9-10-18(17(11-13)21(23)24)29(25,26)20-14-5-4-8-16(12-14)28-15-6-2-3-7-15/h4-5,8-12,15,20H,2-3,6-7H2,1H3. The zero-order chi connectivity index (χ0) is 21.0. The lowest BCUT2D eigenvalue weighted by atomic mass is 10.2. The first-order valence-electron chi connectivity index (χ1n) is 8.96. The van der Waals surface area contributed by atoms with Crippen LogP contribution in [-0.4, -0.2) is 32.5 Å². The minimum atomic E-state index is -4.28. The van der Waals surface area contributed by atoms with Crippen LogP contribution >= 0.6 is 0 Å². The Morgan fingerprint density at radius 3 is 2.55 bits per heavy atom. The molecule has 1 aliphatic rings. The number of benzene rings is 2. The quantitative estimate of drug-likeness (QED) is 0.413. The topological polar surface area (TPSA) is 125 Å². The summed E-state index contributed by atoms with van der Waals surface area (Å²) in [6.07, 6.45) is 4.21. The molecule has 0 heterocycles. The van der Waals surface area contributed by atoms with Gasteiger partial charge in [0.15, 0.2) is 4.90 Å². The smallest absolute Gasteiger partial charge is 0.338 e. The van der Waals surface area contributed by atoms with Crippen molar-refractivity contribution in [3.05, 3.63) is 58.1 Å². The van der Waals surface area contributed by atoms with Gasteiger partial charge in [0.05, 0.1) is 29.4 Å². The number of carbonyl (C=O) groups excluding carboxylic acids is 1. The van der Waals surface area contributed by atoms with E-state index in [1.165, 1.54) is 12.1 Å². The van der Waals surface area contributed by atoms with E-state index in [0.29, 0.717) is 5.75 Å². The Labute approximate surface area is 167 Å². The third-order valence-corrected chi connectivity index (χ3v) is 5.99. The minimum Gasteiger partial charge on any atom is -0.490 e. The Bertz CT molecular complexity index is 1030. The van der Waals surface area contributed by atoms with Crippen LogP contribution in [0.4, 0.5) is 11.4 Å². The molecule has 0 aromatic heterocycles. The van der Waals surface area contributed by atoms with Crippen molar-refractivity contribution in [2.24, 2.45) is 0 Å². The average Bonchev–Trinajstić information content (AvgIpc) is 3.19. The lowest BCUT2D eigenvalue weighted by molar-refractivity contribution is -0.387. The normalized spacial score (nSPS) is 14.4. The van der Waals surface area contributed by atoms with Crippen LogP contribution < -0.4 is 9.46 Å². The Morgan fingerprint density at radius 1 is 1.17 bits per heavy atom. The molecule has 0 saturated heterocycles. The molecule has 9 nitrogen and oxygen atoms in total. The van der Waals surface area contributed by atoms with Gasteiger partial charge in [-0.05, 0) is 49.9 Å². The van der Waals surface area contributed by atoms with E-state index in [9.17, 15) is 23.3 Å². The van der Waals surface area contributed by atoms with Crippen LogP contribution in [0, 0.1) is 10.1 Å². The summed E-state index contributed by atoms with van der Waals surface area (Å²) >= 11 is 0. The van der Waals surface area contributed by atoms with Gasteiger partial charge in [0.1, 0.15) is 5.75 Å². The molecule has 0 spiro atoms. The third kappa shape index (κ3) is 4.83. The van der Waals surface area contributed by atoms with Crippen molar-refractivity contribution >= 4 is 27.4 Å². The largest absolute Gasteiger partial charge is 0.490 e.